The van der Waals surface area contributed by atoms with Gasteiger partial charge in [-0.05, 0) is 28.1 Å². The van der Waals surface area contributed by atoms with Crippen molar-refractivity contribution in [2.75, 3.05) is 12.4 Å². The molecule has 0 saturated heterocycles. The molecule has 0 aliphatic carbocycles. The quantitative estimate of drug-likeness (QED) is 0.836. The van der Waals surface area contributed by atoms with Gasteiger partial charge in [0.1, 0.15) is 0 Å². The van der Waals surface area contributed by atoms with Crippen LogP contribution in [0.15, 0.2) is 21.2 Å². The second-order valence-corrected chi connectivity index (χ2v) is 3.21. The summed E-state index contributed by atoms with van der Waals surface area (Å²) in [4.78, 5) is 11.1. The number of carbonyl (C=O) groups is 1. The van der Waals surface area contributed by atoms with Gasteiger partial charge in [0.25, 0.3) is 5.91 Å². The topological polar surface area (TPSA) is 42.2 Å². The minimum Gasteiger partial charge on any atom is -0.444 e. The fraction of sp³-hybridized carbons (Fsp3) is 0.286. The van der Waals surface area contributed by atoms with Crippen LogP contribution in [0.1, 0.15) is 10.6 Å². The van der Waals surface area contributed by atoms with E-state index in [9.17, 15) is 4.79 Å². The molecule has 12 heavy (non-hydrogen) atoms. The van der Waals surface area contributed by atoms with E-state index in [1.165, 1.54) is 0 Å². The fourth-order valence-corrected chi connectivity index (χ4v) is 1.09. The molecule has 1 heterocycles. The Morgan fingerprint density at radius 2 is 2.42 bits per heavy atom. The smallest absolute Gasteiger partial charge is 0.287 e. The van der Waals surface area contributed by atoms with Crippen molar-refractivity contribution >= 4 is 33.4 Å². The molecule has 0 unspecified atom stereocenters. The summed E-state index contributed by atoms with van der Waals surface area (Å²) in [5, 5.41) is 2.58. The third-order valence-electron chi connectivity index (χ3n) is 1.18. The van der Waals surface area contributed by atoms with Crippen LogP contribution in [0.25, 0.3) is 0 Å². The van der Waals surface area contributed by atoms with Crippen molar-refractivity contribution in [3.8, 4) is 0 Å². The average Bonchev–Trinajstić information content (AvgIpc) is 2.47. The number of rotatable bonds is 3. The molecule has 3 nitrogen and oxygen atoms in total. The van der Waals surface area contributed by atoms with Crippen LogP contribution in [0.3, 0.4) is 0 Å². The molecule has 0 saturated carbocycles. The van der Waals surface area contributed by atoms with E-state index in [-0.39, 0.29) is 11.7 Å². The summed E-state index contributed by atoms with van der Waals surface area (Å²) in [6.07, 6.45) is 0. The number of alkyl halides is 1. The third-order valence-corrected chi connectivity index (χ3v) is 1.79. The molecule has 0 radical (unpaired) electrons. The van der Waals surface area contributed by atoms with Gasteiger partial charge in [-0.1, -0.05) is 0 Å². The SMILES string of the molecule is O=C(NCCCl)c1ccc(Br)o1. The van der Waals surface area contributed by atoms with E-state index >= 15 is 0 Å². The van der Waals surface area contributed by atoms with Crippen LogP contribution in [-0.4, -0.2) is 18.3 Å². The average molecular weight is 252 g/mol. The van der Waals surface area contributed by atoms with E-state index in [0.717, 1.165) is 0 Å². The molecule has 0 fully saturated rings. The van der Waals surface area contributed by atoms with Crippen LogP contribution < -0.4 is 5.32 Å². The number of hydrogen-bond donors (Lipinski definition) is 1. The van der Waals surface area contributed by atoms with Crippen molar-refractivity contribution in [1.82, 2.24) is 5.32 Å². The van der Waals surface area contributed by atoms with Crippen LogP contribution in [0.5, 0.6) is 0 Å². The van der Waals surface area contributed by atoms with Crippen LogP contribution >= 0.6 is 27.5 Å². The normalized spacial score (nSPS) is 9.83. The first-order valence-electron chi connectivity index (χ1n) is 3.33. The molecule has 0 spiro atoms. The minimum atomic E-state index is -0.249. The van der Waals surface area contributed by atoms with E-state index in [0.29, 0.717) is 17.1 Å². The standard InChI is InChI=1S/C7H7BrClNO2/c8-6-2-1-5(12-6)7(11)10-4-3-9/h1-2H,3-4H2,(H,10,11). The number of halogens is 2. The predicted molar refractivity (Wildman–Crippen MR) is 49.5 cm³/mol. The first kappa shape index (κ1) is 9.61. The summed E-state index contributed by atoms with van der Waals surface area (Å²) in [5.41, 5.74) is 0. The van der Waals surface area contributed by atoms with Gasteiger partial charge >= 0.3 is 0 Å². The molecule has 0 atom stereocenters. The molecular formula is C7H7BrClNO2. The van der Waals surface area contributed by atoms with Gasteiger partial charge in [-0.3, -0.25) is 4.79 Å². The molecule has 0 aliphatic rings. The van der Waals surface area contributed by atoms with Gasteiger partial charge in [0.15, 0.2) is 10.4 Å². The highest BCUT2D eigenvalue weighted by molar-refractivity contribution is 9.10. The van der Waals surface area contributed by atoms with Gasteiger partial charge in [0, 0.05) is 12.4 Å². The Kier molecular flexibility index (Phi) is 3.62. The molecule has 0 aromatic carbocycles. The number of furan rings is 1. The van der Waals surface area contributed by atoms with Crippen molar-refractivity contribution in [3.63, 3.8) is 0 Å². The van der Waals surface area contributed by atoms with Crippen molar-refractivity contribution in [1.29, 1.82) is 0 Å². The Hall–Kier alpha value is -0.480. The fourth-order valence-electron chi connectivity index (χ4n) is 0.684. The lowest BCUT2D eigenvalue weighted by molar-refractivity contribution is 0.0927. The number of nitrogens with one attached hydrogen (secondary N) is 1. The summed E-state index contributed by atoms with van der Waals surface area (Å²) in [5.74, 6) is 0.432. The summed E-state index contributed by atoms with van der Waals surface area (Å²) in [6.45, 7) is 0.443. The molecule has 1 rings (SSSR count). The number of amides is 1. The van der Waals surface area contributed by atoms with Gasteiger partial charge in [-0.25, -0.2) is 0 Å². The maximum atomic E-state index is 11.1. The van der Waals surface area contributed by atoms with E-state index < -0.39 is 0 Å². The molecule has 1 aromatic rings. The lowest BCUT2D eigenvalue weighted by atomic mass is 10.4. The highest BCUT2D eigenvalue weighted by Gasteiger charge is 2.08. The van der Waals surface area contributed by atoms with Crippen molar-refractivity contribution in [3.05, 3.63) is 22.6 Å². The molecule has 1 N–H and O–H groups in total. The molecule has 1 amide bonds. The first-order chi connectivity index (χ1) is 5.74. The lowest BCUT2D eigenvalue weighted by Crippen LogP contribution is -2.24. The predicted octanol–water partition coefficient (Wildman–Crippen LogP) is 2.01. The zero-order valence-electron chi connectivity index (χ0n) is 6.14. The van der Waals surface area contributed by atoms with E-state index in [1.54, 1.807) is 12.1 Å². The zero-order valence-corrected chi connectivity index (χ0v) is 8.48. The summed E-state index contributed by atoms with van der Waals surface area (Å²) < 4.78 is 5.54. The summed E-state index contributed by atoms with van der Waals surface area (Å²) >= 11 is 8.48. The van der Waals surface area contributed by atoms with Gasteiger partial charge in [0.05, 0.1) is 0 Å². The monoisotopic (exact) mass is 251 g/mol. The Bertz CT molecular complexity index is 274. The molecule has 1 aromatic heterocycles. The van der Waals surface area contributed by atoms with Crippen molar-refractivity contribution in [2.45, 2.75) is 0 Å². The first-order valence-corrected chi connectivity index (χ1v) is 4.66. The molecule has 66 valence electrons. The molecular weight excluding hydrogens is 245 g/mol. The largest absolute Gasteiger partial charge is 0.444 e. The summed E-state index contributed by atoms with van der Waals surface area (Å²) in [7, 11) is 0. The third kappa shape index (κ3) is 2.53. The number of carbonyl (C=O) groups excluding carboxylic acids is 1. The van der Waals surface area contributed by atoms with Crippen LogP contribution in [0.4, 0.5) is 0 Å². The van der Waals surface area contributed by atoms with Gasteiger partial charge < -0.3 is 9.73 Å². The molecule has 0 aliphatic heterocycles. The Balaban J connectivity index is 2.53. The van der Waals surface area contributed by atoms with E-state index in [1.807, 2.05) is 0 Å². The molecule has 0 bridgehead atoms. The lowest BCUT2D eigenvalue weighted by Gasteiger charge is -1.97. The van der Waals surface area contributed by atoms with Gasteiger partial charge in [-0.2, -0.15) is 0 Å². The van der Waals surface area contributed by atoms with Crippen LogP contribution in [0, 0.1) is 0 Å². The van der Waals surface area contributed by atoms with Crippen molar-refractivity contribution in [2.24, 2.45) is 0 Å². The summed E-state index contributed by atoms with van der Waals surface area (Å²) in [6, 6.07) is 3.25. The van der Waals surface area contributed by atoms with E-state index in [4.69, 9.17) is 16.0 Å². The maximum Gasteiger partial charge on any atom is 0.287 e. The Labute approximate surface area is 83.2 Å². The Morgan fingerprint density at radius 1 is 1.67 bits per heavy atom. The van der Waals surface area contributed by atoms with Crippen LogP contribution in [-0.2, 0) is 0 Å². The molecule has 5 heteroatoms. The van der Waals surface area contributed by atoms with Gasteiger partial charge in [-0.15, -0.1) is 11.6 Å². The second-order valence-electron chi connectivity index (χ2n) is 2.05. The second kappa shape index (κ2) is 4.52. The highest BCUT2D eigenvalue weighted by atomic mass is 79.9. The van der Waals surface area contributed by atoms with Crippen molar-refractivity contribution < 1.29 is 9.21 Å². The highest BCUT2D eigenvalue weighted by Crippen LogP contribution is 2.13. The number of hydrogen-bond acceptors (Lipinski definition) is 2. The van der Waals surface area contributed by atoms with Crippen LogP contribution in [0.2, 0.25) is 0 Å². The van der Waals surface area contributed by atoms with Gasteiger partial charge in [0.2, 0.25) is 0 Å². The van der Waals surface area contributed by atoms with E-state index in [2.05, 4.69) is 21.2 Å². The zero-order chi connectivity index (χ0) is 8.97. The maximum absolute atomic E-state index is 11.1. The Morgan fingerprint density at radius 3 is 2.92 bits per heavy atom. The minimum absolute atomic E-state index is 0.249.